The molecule has 1 aromatic rings. The highest BCUT2D eigenvalue weighted by Crippen LogP contribution is 2.27. The first-order valence-corrected chi connectivity index (χ1v) is 5.34. The maximum Gasteiger partial charge on any atom is 0.435 e. The van der Waals surface area contributed by atoms with Crippen LogP contribution in [0.3, 0.4) is 0 Å². The largest absolute Gasteiger partial charge is 0.435 e. The molecule has 1 N–H and O–H groups in total. The normalized spacial score (nSPS) is 11.6. The standard InChI is InChI=1S/C10H15F3N4O/c1-14-4-6-16(2)9(18)7-17-5-3-8(15-17)10(11,12)13/h3,5,14H,4,6-7H2,1-2H3. The zero-order chi connectivity index (χ0) is 13.8. The van der Waals surface area contributed by atoms with E-state index < -0.39 is 11.9 Å². The summed E-state index contributed by atoms with van der Waals surface area (Å²) in [6.45, 7) is 0.911. The second kappa shape index (κ2) is 5.85. The molecule has 0 unspecified atom stereocenters. The average Bonchev–Trinajstić information content (AvgIpc) is 2.73. The van der Waals surface area contributed by atoms with Crippen molar-refractivity contribution in [1.82, 2.24) is 20.0 Å². The number of hydrogen-bond acceptors (Lipinski definition) is 3. The molecular weight excluding hydrogens is 249 g/mol. The minimum absolute atomic E-state index is 0.198. The summed E-state index contributed by atoms with van der Waals surface area (Å²) in [5.74, 6) is -0.290. The molecule has 0 aliphatic carbocycles. The van der Waals surface area contributed by atoms with Crippen molar-refractivity contribution in [1.29, 1.82) is 0 Å². The molecule has 1 amide bonds. The van der Waals surface area contributed by atoms with Crippen LogP contribution in [0.5, 0.6) is 0 Å². The van der Waals surface area contributed by atoms with Gasteiger partial charge in [-0.05, 0) is 13.1 Å². The number of nitrogens with zero attached hydrogens (tertiary/aromatic N) is 3. The van der Waals surface area contributed by atoms with Crippen molar-refractivity contribution in [3.63, 3.8) is 0 Å². The van der Waals surface area contributed by atoms with E-state index in [4.69, 9.17) is 0 Å². The maximum atomic E-state index is 12.3. The van der Waals surface area contributed by atoms with Crippen molar-refractivity contribution in [2.45, 2.75) is 12.7 Å². The first kappa shape index (κ1) is 14.5. The first-order valence-electron chi connectivity index (χ1n) is 5.34. The van der Waals surface area contributed by atoms with Crippen molar-refractivity contribution >= 4 is 5.91 Å². The van der Waals surface area contributed by atoms with E-state index in [1.165, 1.54) is 4.90 Å². The SMILES string of the molecule is CNCCN(C)C(=O)Cn1ccc(C(F)(F)F)n1. The van der Waals surface area contributed by atoms with Crippen LogP contribution in [0.15, 0.2) is 12.3 Å². The quantitative estimate of drug-likeness (QED) is 0.846. The van der Waals surface area contributed by atoms with E-state index >= 15 is 0 Å². The Morgan fingerprint density at radius 1 is 1.56 bits per heavy atom. The van der Waals surface area contributed by atoms with Gasteiger partial charge in [0, 0.05) is 26.3 Å². The van der Waals surface area contributed by atoms with Gasteiger partial charge in [0.1, 0.15) is 6.54 Å². The van der Waals surface area contributed by atoms with Crippen LogP contribution in [0.4, 0.5) is 13.2 Å². The number of nitrogens with one attached hydrogen (secondary N) is 1. The van der Waals surface area contributed by atoms with Gasteiger partial charge in [-0.1, -0.05) is 0 Å². The fourth-order valence-corrected chi connectivity index (χ4v) is 1.26. The summed E-state index contributed by atoms with van der Waals surface area (Å²) in [5, 5.41) is 6.19. The summed E-state index contributed by atoms with van der Waals surface area (Å²) in [6, 6.07) is 0.848. The molecule has 0 atom stereocenters. The van der Waals surface area contributed by atoms with Crippen molar-refractivity contribution in [3.05, 3.63) is 18.0 Å². The minimum atomic E-state index is -4.48. The fourth-order valence-electron chi connectivity index (χ4n) is 1.26. The Bertz CT molecular complexity index is 402. The van der Waals surface area contributed by atoms with Gasteiger partial charge in [0.25, 0.3) is 0 Å². The van der Waals surface area contributed by atoms with Crippen LogP contribution in [0.25, 0.3) is 0 Å². The van der Waals surface area contributed by atoms with Gasteiger partial charge in [-0.2, -0.15) is 18.3 Å². The molecule has 0 saturated heterocycles. The van der Waals surface area contributed by atoms with Gasteiger partial charge in [0.2, 0.25) is 5.91 Å². The van der Waals surface area contributed by atoms with E-state index in [0.29, 0.717) is 13.1 Å². The van der Waals surface area contributed by atoms with Crippen LogP contribution in [0, 0.1) is 0 Å². The highest BCUT2D eigenvalue weighted by atomic mass is 19.4. The Balaban J connectivity index is 2.57. The number of halogens is 3. The Morgan fingerprint density at radius 3 is 2.72 bits per heavy atom. The lowest BCUT2D eigenvalue weighted by Crippen LogP contribution is -2.35. The van der Waals surface area contributed by atoms with Gasteiger partial charge in [0.05, 0.1) is 0 Å². The molecule has 0 aliphatic rings. The zero-order valence-corrected chi connectivity index (χ0v) is 10.2. The monoisotopic (exact) mass is 264 g/mol. The molecule has 1 heterocycles. The summed E-state index contributed by atoms with van der Waals surface area (Å²) in [7, 11) is 3.34. The van der Waals surface area contributed by atoms with Gasteiger partial charge in [-0.25, -0.2) is 0 Å². The number of aromatic nitrogens is 2. The summed E-state index contributed by atoms with van der Waals surface area (Å²) < 4.78 is 37.8. The molecule has 8 heteroatoms. The van der Waals surface area contributed by atoms with E-state index in [1.807, 2.05) is 0 Å². The minimum Gasteiger partial charge on any atom is -0.343 e. The second-order valence-corrected chi connectivity index (χ2v) is 3.82. The van der Waals surface area contributed by atoms with E-state index in [-0.39, 0.29) is 12.5 Å². The predicted octanol–water partition coefficient (Wildman–Crippen LogP) is 0.580. The van der Waals surface area contributed by atoms with Crippen molar-refractivity contribution in [2.75, 3.05) is 27.2 Å². The topological polar surface area (TPSA) is 50.2 Å². The number of likely N-dealkylation sites (N-methyl/N-ethyl adjacent to an activating group) is 2. The molecule has 1 rings (SSSR count). The molecule has 0 radical (unpaired) electrons. The molecule has 5 nitrogen and oxygen atoms in total. The van der Waals surface area contributed by atoms with Crippen LogP contribution in [0.1, 0.15) is 5.69 Å². The van der Waals surface area contributed by atoms with E-state index in [9.17, 15) is 18.0 Å². The number of alkyl halides is 3. The molecule has 102 valence electrons. The van der Waals surface area contributed by atoms with Crippen molar-refractivity contribution in [2.24, 2.45) is 0 Å². The van der Waals surface area contributed by atoms with Crippen molar-refractivity contribution < 1.29 is 18.0 Å². The zero-order valence-electron chi connectivity index (χ0n) is 10.2. The Hall–Kier alpha value is -1.57. The Labute approximate surface area is 103 Å². The Kier molecular flexibility index (Phi) is 4.71. The summed E-state index contributed by atoms with van der Waals surface area (Å²) in [5.41, 5.74) is -0.992. The molecule has 0 fully saturated rings. The van der Waals surface area contributed by atoms with Gasteiger partial charge in [-0.15, -0.1) is 0 Å². The fraction of sp³-hybridized carbons (Fsp3) is 0.600. The highest BCUT2D eigenvalue weighted by Gasteiger charge is 2.33. The van der Waals surface area contributed by atoms with Crippen LogP contribution >= 0.6 is 0 Å². The smallest absolute Gasteiger partial charge is 0.343 e. The molecule has 1 aromatic heterocycles. The van der Waals surface area contributed by atoms with Crippen LogP contribution in [0.2, 0.25) is 0 Å². The maximum absolute atomic E-state index is 12.3. The molecule has 0 saturated carbocycles. The molecule has 0 spiro atoms. The van der Waals surface area contributed by atoms with Gasteiger partial charge in [-0.3, -0.25) is 9.48 Å². The van der Waals surface area contributed by atoms with E-state index in [0.717, 1.165) is 16.9 Å². The summed E-state index contributed by atoms with van der Waals surface area (Å²) >= 11 is 0. The molecule has 0 bridgehead atoms. The third-order valence-corrected chi connectivity index (χ3v) is 2.35. The molecule has 18 heavy (non-hydrogen) atoms. The first-order chi connectivity index (χ1) is 8.34. The second-order valence-electron chi connectivity index (χ2n) is 3.82. The lowest BCUT2D eigenvalue weighted by molar-refractivity contribution is -0.142. The molecule has 0 aromatic carbocycles. The Morgan fingerprint density at radius 2 is 2.22 bits per heavy atom. The van der Waals surface area contributed by atoms with Gasteiger partial charge < -0.3 is 10.2 Å². The summed E-state index contributed by atoms with van der Waals surface area (Å²) in [6.07, 6.45) is -3.33. The highest BCUT2D eigenvalue weighted by molar-refractivity contribution is 5.75. The third-order valence-electron chi connectivity index (χ3n) is 2.35. The van der Waals surface area contributed by atoms with E-state index in [2.05, 4.69) is 10.4 Å². The number of rotatable bonds is 5. The van der Waals surface area contributed by atoms with Crippen LogP contribution in [-0.2, 0) is 17.5 Å². The van der Waals surface area contributed by atoms with Crippen molar-refractivity contribution in [3.8, 4) is 0 Å². The lowest BCUT2D eigenvalue weighted by Gasteiger charge is -2.16. The lowest BCUT2D eigenvalue weighted by atomic mass is 10.4. The molecule has 0 aliphatic heterocycles. The number of carbonyl (C=O) groups is 1. The van der Waals surface area contributed by atoms with Gasteiger partial charge >= 0.3 is 6.18 Å². The summed E-state index contributed by atoms with van der Waals surface area (Å²) in [4.78, 5) is 13.1. The van der Waals surface area contributed by atoms with Crippen LogP contribution in [-0.4, -0.2) is 47.8 Å². The number of hydrogen-bond donors (Lipinski definition) is 1. The van der Waals surface area contributed by atoms with E-state index in [1.54, 1.807) is 14.1 Å². The van der Waals surface area contributed by atoms with Crippen LogP contribution < -0.4 is 5.32 Å². The number of amides is 1. The van der Waals surface area contributed by atoms with Gasteiger partial charge in [0.15, 0.2) is 5.69 Å². The number of carbonyl (C=O) groups excluding carboxylic acids is 1. The average molecular weight is 264 g/mol. The molecular formula is C10H15F3N4O. The third kappa shape index (κ3) is 4.02. The predicted molar refractivity (Wildman–Crippen MR) is 58.8 cm³/mol.